The Kier molecular flexibility index (Phi) is 4.74. The molecule has 1 heterocycles. The summed E-state index contributed by atoms with van der Waals surface area (Å²) in [6, 6.07) is 0. The third-order valence-electron chi connectivity index (χ3n) is 2.39. The van der Waals surface area contributed by atoms with Crippen LogP contribution in [0.4, 0.5) is 0 Å². The van der Waals surface area contributed by atoms with E-state index in [1.807, 2.05) is 6.92 Å². The summed E-state index contributed by atoms with van der Waals surface area (Å²) >= 11 is 4.91. The number of hydrogen-bond acceptors (Lipinski definition) is 4. The highest BCUT2D eigenvalue weighted by molar-refractivity contribution is 7.80. The molecule has 2 atom stereocenters. The summed E-state index contributed by atoms with van der Waals surface area (Å²) in [5.41, 5.74) is 5.54. The molecule has 2 unspecified atom stereocenters. The fourth-order valence-corrected chi connectivity index (χ4v) is 1.62. The van der Waals surface area contributed by atoms with Crippen molar-refractivity contribution in [3.8, 4) is 0 Å². The molecule has 0 bridgehead atoms. The Labute approximate surface area is 90.3 Å². The van der Waals surface area contributed by atoms with Crippen LogP contribution in [-0.2, 0) is 9.47 Å². The van der Waals surface area contributed by atoms with Crippen LogP contribution >= 0.6 is 12.2 Å². The maximum absolute atomic E-state index is 5.54. The molecule has 0 saturated carbocycles. The number of methoxy groups -OCH3 is 1. The minimum absolute atomic E-state index is 0.0946. The van der Waals surface area contributed by atoms with E-state index in [-0.39, 0.29) is 12.2 Å². The van der Waals surface area contributed by atoms with Gasteiger partial charge in [0.05, 0.1) is 12.7 Å². The zero-order valence-corrected chi connectivity index (χ0v) is 9.55. The zero-order chi connectivity index (χ0) is 10.6. The molecule has 1 saturated heterocycles. The monoisotopic (exact) mass is 218 g/mol. The molecule has 14 heavy (non-hydrogen) atoms. The third-order valence-corrected chi connectivity index (χ3v) is 2.65. The first-order valence-electron chi connectivity index (χ1n) is 4.79. The minimum Gasteiger partial charge on any atom is -0.391 e. The molecule has 4 nitrogen and oxygen atoms in total. The molecule has 0 radical (unpaired) electrons. The molecule has 1 fully saturated rings. The fraction of sp³-hybridized carbons (Fsp3) is 0.889. The number of rotatable bonds is 4. The second-order valence-electron chi connectivity index (χ2n) is 3.57. The minimum atomic E-state index is -0.0946. The molecule has 1 aliphatic rings. The summed E-state index contributed by atoms with van der Waals surface area (Å²) in [6.45, 7) is 5.35. The molecular weight excluding hydrogens is 200 g/mol. The van der Waals surface area contributed by atoms with Gasteiger partial charge in [-0.2, -0.15) is 0 Å². The van der Waals surface area contributed by atoms with Crippen molar-refractivity contribution in [2.24, 2.45) is 5.73 Å². The molecule has 82 valence electrons. The van der Waals surface area contributed by atoms with Crippen LogP contribution < -0.4 is 5.73 Å². The first kappa shape index (κ1) is 11.8. The van der Waals surface area contributed by atoms with E-state index in [4.69, 9.17) is 27.4 Å². The van der Waals surface area contributed by atoms with Crippen molar-refractivity contribution in [1.82, 2.24) is 4.90 Å². The predicted molar refractivity (Wildman–Crippen MR) is 59.4 cm³/mol. The Morgan fingerprint density at radius 1 is 1.79 bits per heavy atom. The lowest BCUT2D eigenvalue weighted by atomic mass is 10.2. The Balaban J connectivity index is 2.36. The second kappa shape index (κ2) is 5.60. The average molecular weight is 218 g/mol. The Hall–Kier alpha value is -0.230. The van der Waals surface area contributed by atoms with E-state index < -0.39 is 0 Å². The normalized spacial score (nSPS) is 26.0. The lowest BCUT2D eigenvalue weighted by Gasteiger charge is -2.33. The van der Waals surface area contributed by atoms with Crippen LogP contribution in [0.25, 0.3) is 0 Å². The van der Waals surface area contributed by atoms with E-state index in [9.17, 15) is 0 Å². The SMILES string of the molecule is COC(C)CN1CCOC(C(N)=S)C1. The standard InChI is InChI=1S/C9H18N2O2S/c1-7(12-2)5-11-3-4-13-8(6-11)9(10)14/h7-8H,3-6H2,1-2H3,(H2,10,14). The van der Waals surface area contributed by atoms with Crippen LogP contribution in [0.15, 0.2) is 0 Å². The van der Waals surface area contributed by atoms with Crippen LogP contribution in [0.3, 0.4) is 0 Å². The van der Waals surface area contributed by atoms with Crippen molar-refractivity contribution in [3.63, 3.8) is 0 Å². The largest absolute Gasteiger partial charge is 0.391 e. The van der Waals surface area contributed by atoms with Gasteiger partial charge in [-0.25, -0.2) is 0 Å². The van der Waals surface area contributed by atoms with Crippen molar-refractivity contribution >= 4 is 17.2 Å². The van der Waals surface area contributed by atoms with Gasteiger partial charge in [-0.15, -0.1) is 0 Å². The van der Waals surface area contributed by atoms with Crippen LogP contribution in [0.5, 0.6) is 0 Å². The maximum atomic E-state index is 5.54. The molecule has 0 aromatic heterocycles. The predicted octanol–water partition coefficient (Wildman–Crippen LogP) is 0.00820. The van der Waals surface area contributed by atoms with Gasteiger partial charge in [-0.1, -0.05) is 12.2 Å². The van der Waals surface area contributed by atoms with Gasteiger partial charge in [0.15, 0.2) is 0 Å². The van der Waals surface area contributed by atoms with Gasteiger partial charge in [0.1, 0.15) is 11.1 Å². The van der Waals surface area contributed by atoms with Gasteiger partial charge in [0.25, 0.3) is 0 Å². The number of thiocarbonyl (C=S) groups is 1. The number of ether oxygens (including phenoxy) is 2. The van der Waals surface area contributed by atoms with E-state index in [0.29, 0.717) is 11.6 Å². The lowest BCUT2D eigenvalue weighted by Crippen LogP contribution is -2.49. The fourth-order valence-electron chi connectivity index (χ4n) is 1.48. The summed E-state index contributed by atoms with van der Waals surface area (Å²) < 4.78 is 10.6. The van der Waals surface area contributed by atoms with Gasteiger partial charge >= 0.3 is 0 Å². The van der Waals surface area contributed by atoms with Crippen LogP contribution in [-0.4, -0.2) is 55.4 Å². The van der Waals surface area contributed by atoms with E-state index >= 15 is 0 Å². The van der Waals surface area contributed by atoms with Crippen LogP contribution in [0.1, 0.15) is 6.92 Å². The van der Waals surface area contributed by atoms with Gasteiger partial charge in [-0.05, 0) is 6.92 Å². The summed E-state index contributed by atoms with van der Waals surface area (Å²) in [5, 5.41) is 0. The number of nitrogens with two attached hydrogens (primary N) is 1. The van der Waals surface area contributed by atoms with Crippen LogP contribution in [0, 0.1) is 0 Å². The van der Waals surface area contributed by atoms with Gasteiger partial charge in [-0.3, -0.25) is 4.90 Å². The van der Waals surface area contributed by atoms with Crippen molar-refractivity contribution in [2.45, 2.75) is 19.1 Å². The topological polar surface area (TPSA) is 47.7 Å². The van der Waals surface area contributed by atoms with Crippen molar-refractivity contribution in [1.29, 1.82) is 0 Å². The molecular formula is C9H18N2O2S. The van der Waals surface area contributed by atoms with Gasteiger partial charge in [0, 0.05) is 26.7 Å². The third kappa shape index (κ3) is 3.49. The molecule has 2 N–H and O–H groups in total. The van der Waals surface area contributed by atoms with Crippen molar-refractivity contribution in [3.05, 3.63) is 0 Å². The number of nitrogens with zero attached hydrogens (tertiary/aromatic N) is 1. The Bertz CT molecular complexity index is 201. The van der Waals surface area contributed by atoms with Gasteiger partial charge in [0.2, 0.25) is 0 Å². The molecule has 0 aromatic carbocycles. The summed E-state index contributed by atoms with van der Waals surface area (Å²) in [5.74, 6) is 0. The lowest BCUT2D eigenvalue weighted by molar-refractivity contribution is -0.0143. The van der Waals surface area contributed by atoms with E-state index in [0.717, 1.165) is 19.6 Å². The van der Waals surface area contributed by atoms with Crippen molar-refractivity contribution in [2.75, 3.05) is 33.4 Å². The zero-order valence-electron chi connectivity index (χ0n) is 8.73. The van der Waals surface area contributed by atoms with Crippen molar-refractivity contribution < 1.29 is 9.47 Å². The summed E-state index contributed by atoms with van der Waals surface area (Å²) in [4.78, 5) is 2.71. The molecule has 5 heteroatoms. The molecule has 0 amide bonds. The number of morpholine rings is 1. The van der Waals surface area contributed by atoms with E-state index in [1.165, 1.54) is 0 Å². The maximum Gasteiger partial charge on any atom is 0.120 e. The van der Waals surface area contributed by atoms with Crippen LogP contribution in [0.2, 0.25) is 0 Å². The van der Waals surface area contributed by atoms with E-state index in [1.54, 1.807) is 7.11 Å². The first-order valence-corrected chi connectivity index (χ1v) is 5.20. The smallest absolute Gasteiger partial charge is 0.120 e. The summed E-state index contributed by atoms with van der Waals surface area (Å²) in [6.07, 6.45) is 0.142. The highest BCUT2D eigenvalue weighted by Gasteiger charge is 2.23. The van der Waals surface area contributed by atoms with Gasteiger partial charge < -0.3 is 15.2 Å². The quantitative estimate of drug-likeness (QED) is 0.674. The molecule has 0 aliphatic carbocycles. The highest BCUT2D eigenvalue weighted by Crippen LogP contribution is 2.06. The molecule has 1 aliphatic heterocycles. The first-order chi connectivity index (χ1) is 6.63. The molecule has 0 spiro atoms. The Morgan fingerprint density at radius 3 is 3.07 bits per heavy atom. The van der Waals surface area contributed by atoms with E-state index in [2.05, 4.69) is 4.90 Å². The highest BCUT2D eigenvalue weighted by atomic mass is 32.1. The second-order valence-corrected chi connectivity index (χ2v) is 4.04. The average Bonchev–Trinajstić information content (AvgIpc) is 2.18. The molecule has 1 rings (SSSR count). The number of hydrogen-bond donors (Lipinski definition) is 1. The Morgan fingerprint density at radius 2 is 2.50 bits per heavy atom. The summed E-state index contributed by atoms with van der Waals surface area (Å²) in [7, 11) is 1.72. The molecule has 0 aromatic rings.